The Labute approximate surface area is 127 Å². The molecule has 5 heteroatoms. The SMILES string of the molecule is CC(NC(C)c1ccc(Cl)c(Cl)c1Cl)c1ccco1. The molecule has 2 rings (SSSR count). The van der Waals surface area contributed by atoms with Gasteiger partial charge in [0.05, 0.1) is 27.4 Å². The molecule has 0 radical (unpaired) electrons. The second-order valence-electron chi connectivity index (χ2n) is 4.39. The van der Waals surface area contributed by atoms with E-state index in [0.29, 0.717) is 15.1 Å². The molecule has 1 heterocycles. The first-order valence-electron chi connectivity index (χ1n) is 5.93. The van der Waals surface area contributed by atoms with Crippen molar-refractivity contribution in [1.29, 1.82) is 0 Å². The average molecular weight is 319 g/mol. The minimum Gasteiger partial charge on any atom is -0.468 e. The third kappa shape index (κ3) is 3.26. The Kier molecular flexibility index (Phi) is 4.80. The second-order valence-corrected chi connectivity index (χ2v) is 5.55. The van der Waals surface area contributed by atoms with Gasteiger partial charge in [-0.25, -0.2) is 0 Å². The van der Waals surface area contributed by atoms with E-state index >= 15 is 0 Å². The second kappa shape index (κ2) is 6.19. The fourth-order valence-electron chi connectivity index (χ4n) is 1.96. The van der Waals surface area contributed by atoms with E-state index in [-0.39, 0.29) is 12.1 Å². The molecule has 1 aromatic carbocycles. The number of furan rings is 1. The van der Waals surface area contributed by atoms with Crippen LogP contribution in [-0.2, 0) is 0 Å². The first-order chi connectivity index (χ1) is 9.00. The van der Waals surface area contributed by atoms with E-state index in [2.05, 4.69) is 5.32 Å². The Morgan fingerprint density at radius 2 is 1.74 bits per heavy atom. The van der Waals surface area contributed by atoms with Gasteiger partial charge in [-0.2, -0.15) is 0 Å². The van der Waals surface area contributed by atoms with Gasteiger partial charge >= 0.3 is 0 Å². The number of hydrogen-bond acceptors (Lipinski definition) is 2. The molecule has 19 heavy (non-hydrogen) atoms. The summed E-state index contributed by atoms with van der Waals surface area (Å²) in [5.41, 5.74) is 0.912. The molecule has 2 atom stereocenters. The molecule has 0 saturated heterocycles. The van der Waals surface area contributed by atoms with Crippen molar-refractivity contribution in [3.63, 3.8) is 0 Å². The molecule has 0 saturated carbocycles. The summed E-state index contributed by atoms with van der Waals surface area (Å²) >= 11 is 18.2. The van der Waals surface area contributed by atoms with Crippen LogP contribution in [-0.4, -0.2) is 0 Å². The summed E-state index contributed by atoms with van der Waals surface area (Å²) < 4.78 is 5.36. The molecule has 102 valence electrons. The van der Waals surface area contributed by atoms with Crippen molar-refractivity contribution in [2.45, 2.75) is 25.9 Å². The molecule has 0 bridgehead atoms. The minimum atomic E-state index is 0.0300. The third-order valence-corrected chi connectivity index (χ3v) is 4.31. The zero-order valence-corrected chi connectivity index (χ0v) is 12.9. The van der Waals surface area contributed by atoms with Gasteiger partial charge in [0.15, 0.2) is 0 Å². The molecule has 1 aromatic heterocycles. The van der Waals surface area contributed by atoms with Crippen molar-refractivity contribution >= 4 is 34.8 Å². The third-order valence-electron chi connectivity index (χ3n) is 3.00. The van der Waals surface area contributed by atoms with Gasteiger partial charge in [0.1, 0.15) is 5.76 Å². The van der Waals surface area contributed by atoms with Crippen molar-refractivity contribution in [3.8, 4) is 0 Å². The monoisotopic (exact) mass is 317 g/mol. The number of hydrogen-bond donors (Lipinski definition) is 1. The lowest BCUT2D eigenvalue weighted by Gasteiger charge is -2.20. The fraction of sp³-hybridized carbons (Fsp3) is 0.286. The van der Waals surface area contributed by atoms with Crippen molar-refractivity contribution in [2.24, 2.45) is 0 Å². The highest BCUT2D eigenvalue weighted by Gasteiger charge is 2.17. The zero-order valence-electron chi connectivity index (χ0n) is 10.6. The standard InChI is InChI=1S/C14H14Cl3NO/c1-8(18-9(2)12-4-3-7-19-12)10-5-6-11(15)14(17)13(10)16/h3-9,18H,1-2H3. The van der Waals surface area contributed by atoms with Crippen molar-refractivity contribution in [3.05, 3.63) is 56.9 Å². The van der Waals surface area contributed by atoms with Crippen LogP contribution in [0.3, 0.4) is 0 Å². The fourth-order valence-corrected chi connectivity index (χ4v) is 2.67. The summed E-state index contributed by atoms with van der Waals surface area (Å²) in [6.07, 6.45) is 1.66. The number of benzene rings is 1. The molecular weight excluding hydrogens is 305 g/mol. The molecule has 2 unspecified atom stereocenters. The molecular formula is C14H14Cl3NO. The topological polar surface area (TPSA) is 25.2 Å². The Hall–Kier alpha value is -0.670. The lowest BCUT2D eigenvalue weighted by atomic mass is 10.1. The van der Waals surface area contributed by atoms with E-state index in [1.165, 1.54) is 0 Å². The van der Waals surface area contributed by atoms with Crippen molar-refractivity contribution < 1.29 is 4.42 Å². The van der Waals surface area contributed by atoms with E-state index < -0.39 is 0 Å². The number of nitrogens with one attached hydrogen (secondary N) is 1. The molecule has 0 fully saturated rings. The number of rotatable bonds is 4. The van der Waals surface area contributed by atoms with Crippen molar-refractivity contribution in [2.75, 3.05) is 0 Å². The van der Waals surface area contributed by atoms with Crippen LogP contribution in [0.25, 0.3) is 0 Å². The van der Waals surface area contributed by atoms with E-state index in [1.807, 2.05) is 32.0 Å². The molecule has 0 amide bonds. The first-order valence-corrected chi connectivity index (χ1v) is 7.07. The van der Waals surface area contributed by atoms with Gasteiger partial charge in [-0.3, -0.25) is 0 Å². The van der Waals surface area contributed by atoms with Gasteiger partial charge in [0.2, 0.25) is 0 Å². The van der Waals surface area contributed by atoms with Crippen LogP contribution >= 0.6 is 34.8 Å². The smallest absolute Gasteiger partial charge is 0.120 e. The Balaban J connectivity index is 2.16. The summed E-state index contributed by atoms with van der Waals surface area (Å²) in [5, 5.41) is 4.74. The quantitative estimate of drug-likeness (QED) is 0.737. The molecule has 0 aliphatic rings. The van der Waals surface area contributed by atoms with Crippen LogP contribution in [0.2, 0.25) is 15.1 Å². The van der Waals surface area contributed by atoms with Crippen LogP contribution in [0.15, 0.2) is 34.9 Å². The van der Waals surface area contributed by atoms with E-state index in [1.54, 1.807) is 12.3 Å². The van der Waals surface area contributed by atoms with Crippen LogP contribution in [0, 0.1) is 0 Å². The summed E-state index contributed by atoms with van der Waals surface area (Å²) in [7, 11) is 0. The minimum absolute atomic E-state index is 0.0300. The lowest BCUT2D eigenvalue weighted by Crippen LogP contribution is -2.22. The maximum atomic E-state index is 6.22. The Morgan fingerprint density at radius 1 is 1.00 bits per heavy atom. The highest BCUT2D eigenvalue weighted by molar-refractivity contribution is 6.48. The average Bonchev–Trinajstić information content (AvgIpc) is 2.89. The molecule has 0 aliphatic heterocycles. The highest BCUT2D eigenvalue weighted by Crippen LogP contribution is 2.36. The van der Waals surface area contributed by atoms with E-state index in [0.717, 1.165) is 11.3 Å². The predicted octanol–water partition coefficient (Wildman–Crippen LogP) is 5.65. The van der Waals surface area contributed by atoms with Crippen LogP contribution in [0.1, 0.15) is 37.3 Å². The normalized spacial score (nSPS) is 14.4. The first kappa shape index (κ1) is 14.7. The van der Waals surface area contributed by atoms with Gasteiger partial charge in [-0.1, -0.05) is 40.9 Å². The molecule has 1 N–H and O–H groups in total. The molecule has 2 aromatic rings. The van der Waals surface area contributed by atoms with Crippen LogP contribution in [0.5, 0.6) is 0 Å². The summed E-state index contributed by atoms with van der Waals surface area (Å²) in [4.78, 5) is 0. The van der Waals surface area contributed by atoms with Gasteiger partial charge < -0.3 is 9.73 Å². The Morgan fingerprint density at radius 3 is 2.37 bits per heavy atom. The Bertz CT molecular complexity index is 554. The molecule has 0 aliphatic carbocycles. The lowest BCUT2D eigenvalue weighted by molar-refractivity contribution is 0.403. The summed E-state index contributed by atoms with van der Waals surface area (Å²) in [6.45, 7) is 4.05. The van der Waals surface area contributed by atoms with Crippen molar-refractivity contribution in [1.82, 2.24) is 5.32 Å². The van der Waals surface area contributed by atoms with E-state index in [9.17, 15) is 0 Å². The summed E-state index contributed by atoms with van der Waals surface area (Å²) in [5.74, 6) is 0.878. The van der Waals surface area contributed by atoms with Gasteiger partial charge in [-0.15, -0.1) is 0 Å². The van der Waals surface area contributed by atoms with Crippen LogP contribution < -0.4 is 5.32 Å². The maximum absolute atomic E-state index is 6.22. The van der Waals surface area contributed by atoms with Gasteiger partial charge in [0, 0.05) is 6.04 Å². The maximum Gasteiger partial charge on any atom is 0.120 e. The molecule has 0 spiro atoms. The summed E-state index contributed by atoms with van der Waals surface area (Å²) in [6, 6.07) is 7.53. The highest BCUT2D eigenvalue weighted by atomic mass is 35.5. The largest absolute Gasteiger partial charge is 0.468 e. The predicted molar refractivity (Wildman–Crippen MR) is 80.1 cm³/mol. The van der Waals surface area contributed by atoms with E-state index in [4.69, 9.17) is 39.2 Å². The van der Waals surface area contributed by atoms with Gasteiger partial charge in [-0.05, 0) is 37.6 Å². The molecule has 2 nitrogen and oxygen atoms in total. The van der Waals surface area contributed by atoms with Gasteiger partial charge in [0.25, 0.3) is 0 Å². The zero-order chi connectivity index (χ0) is 14.0. The number of halogens is 3. The van der Waals surface area contributed by atoms with Crippen LogP contribution in [0.4, 0.5) is 0 Å².